The molecule has 48 heavy (non-hydrogen) atoms. The molecule has 4 rings (SSSR count). The molecule has 1 heterocycles. The molecule has 0 radical (unpaired) electrons. The molecule has 3 atom stereocenters. The summed E-state index contributed by atoms with van der Waals surface area (Å²) < 4.78 is 0. The molecule has 9 heteroatoms. The first-order valence-corrected chi connectivity index (χ1v) is 16.9. The Labute approximate surface area is 283 Å². The zero-order valence-corrected chi connectivity index (χ0v) is 28.4. The number of nitrogens with zero attached hydrogens (tertiary/aromatic N) is 2. The van der Waals surface area contributed by atoms with Crippen LogP contribution in [0, 0.1) is 17.8 Å². The van der Waals surface area contributed by atoms with Gasteiger partial charge in [0.1, 0.15) is 0 Å². The molecular formula is C39H47N3O6. The fraction of sp³-hybridized carbons (Fsp3) is 0.436. The number of likely N-dealkylation sites (N-methyl/N-ethyl adjacent to an activating group) is 1. The molecule has 0 aromatic heterocycles. The number of hydrogen-bond acceptors (Lipinski definition) is 7. The lowest BCUT2D eigenvalue weighted by atomic mass is 9.83. The minimum Gasteiger partial charge on any atom is -0.346 e. The Balaban J connectivity index is 1.39. The number of carbonyl (C=O) groups is 6. The van der Waals surface area contributed by atoms with Gasteiger partial charge in [0.15, 0.2) is 17.3 Å². The van der Waals surface area contributed by atoms with Crippen LogP contribution in [-0.4, -0.2) is 84.0 Å². The highest BCUT2D eigenvalue weighted by Gasteiger charge is 2.33. The molecule has 0 unspecified atom stereocenters. The van der Waals surface area contributed by atoms with E-state index in [1.165, 1.54) is 0 Å². The minimum absolute atomic E-state index is 0.0419. The Hall–Kier alpha value is -4.50. The molecule has 0 aliphatic carbocycles. The lowest BCUT2D eigenvalue weighted by Crippen LogP contribution is -2.47. The molecule has 1 saturated heterocycles. The van der Waals surface area contributed by atoms with Crippen LogP contribution in [0.1, 0.15) is 62.4 Å². The van der Waals surface area contributed by atoms with Crippen molar-refractivity contribution >= 4 is 45.7 Å². The second kappa shape index (κ2) is 17.1. The number of hydrogen-bond donors (Lipinski definition) is 1. The molecule has 0 bridgehead atoms. The van der Waals surface area contributed by atoms with Gasteiger partial charge in [0, 0.05) is 69.3 Å². The molecule has 1 aliphatic rings. The molecule has 1 N–H and O–H groups in total. The summed E-state index contributed by atoms with van der Waals surface area (Å²) in [6.45, 7) is 7.82. The van der Waals surface area contributed by atoms with Gasteiger partial charge in [0.05, 0.1) is 6.04 Å². The first-order valence-electron chi connectivity index (χ1n) is 16.9. The molecule has 1 fully saturated rings. The van der Waals surface area contributed by atoms with Crippen LogP contribution in [0.15, 0.2) is 72.8 Å². The van der Waals surface area contributed by atoms with Crippen LogP contribution in [0.2, 0.25) is 0 Å². The van der Waals surface area contributed by atoms with Gasteiger partial charge in [0.25, 0.3) is 0 Å². The van der Waals surface area contributed by atoms with Gasteiger partial charge in [-0.15, -0.1) is 0 Å². The molecule has 0 spiro atoms. The van der Waals surface area contributed by atoms with Crippen LogP contribution in [0.5, 0.6) is 0 Å². The van der Waals surface area contributed by atoms with E-state index in [-0.39, 0.29) is 49.1 Å². The van der Waals surface area contributed by atoms with Crippen LogP contribution >= 0.6 is 0 Å². The molecule has 0 saturated carbocycles. The molecule has 3 aromatic rings. The summed E-state index contributed by atoms with van der Waals surface area (Å²) in [5, 5.41) is 4.54. The molecule has 1 aliphatic heterocycles. The lowest BCUT2D eigenvalue weighted by molar-refractivity contribution is -0.142. The van der Waals surface area contributed by atoms with Crippen molar-refractivity contribution in [1.29, 1.82) is 0 Å². The van der Waals surface area contributed by atoms with E-state index < -0.39 is 35.4 Å². The predicted octanol–water partition coefficient (Wildman–Crippen LogP) is 4.70. The second-order valence-electron chi connectivity index (χ2n) is 13.3. The second-order valence-corrected chi connectivity index (χ2v) is 13.3. The minimum atomic E-state index is -0.939. The topological polar surface area (TPSA) is 121 Å². The third kappa shape index (κ3) is 9.76. The summed E-state index contributed by atoms with van der Waals surface area (Å²) >= 11 is 0. The summed E-state index contributed by atoms with van der Waals surface area (Å²) in [6, 6.07) is 21.6. The number of carbonyl (C=O) groups excluding carboxylic acids is 6. The predicted molar refractivity (Wildman–Crippen MR) is 185 cm³/mol. The Morgan fingerprint density at radius 3 is 2.08 bits per heavy atom. The van der Waals surface area contributed by atoms with Crippen LogP contribution in [0.4, 0.5) is 0 Å². The normalized spacial score (nSPS) is 15.5. The van der Waals surface area contributed by atoms with Crippen molar-refractivity contribution in [2.75, 3.05) is 33.2 Å². The third-order valence-electron chi connectivity index (χ3n) is 9.32. The molecule has 2 amide bonds. The van der Waals surface area contributed by atoms with E-state index in [4.69, 9.17) is 0 Å². The van der Waals surface area contributed by atoms with E-state index in [2.05, 4.69) is 10.2 Å². The quantitative estimate of drug-likeness (QED) is 0.176. The summed E-state index contributed by atoms with van der Waals surface area (Å²) in [5.74, 6) is -4.35. The van der Waals surface area contributed by atoms with Crippen molar-refractivity contribution in [3.8, 4) is 0 Å². The number of fused-ring (bicyclic) bond motifs is 1. The fourth-order valence-corrected chi connectivity index (χ4v) is 6.16. The first-order chi connectivity index (χ1) is 22.9. The van der Waals surface area contributed by atoms with Gasteiger partial charge < -0.3 is 15.1 Å². The van der Waals surface area contributed by atoms with Crippen molar-refractivity contribution in [2.24, 2.45) is 17.8 Å². The average Bonchev–Trinajstić information content (AvgIpc) is 3.08. The summed E-state index contributed by atoms with van der Waals surface area (Å²) in [7, 11) is 1.99. The van der Waals surface area contributed by atoms with Gasteiger partial charge in [0.2, 0.25) is 17.6 Å². The Bertz CT molecular complexity index is 1620. The number of piperazine rings is 1. The maximum atomic E-state index is 13.7. The fourth-order valence-electron chi connectivity index (χ4n) is 6.16. The number of amides is 2. The maximum Gasteiger partial charge on any atom is 0.224 e. The van der Waals surface area contributed by atoms with Crippen molar-refractivity contribution in [1.82, 2.24) is 15.1 Å². The first kappa shape index (κ1) is 36.3. The highest BCUT2D eigenvalue weighted by molar-refractivity contribution is 6.38. The van der Waals surface area contributed by atoms with Gasteiger partial charge in [-0.3, -0.25) is 28.8 Å². The number of nitrogens with one attached hydrogen (secondary N) is 1. The highest BCUT2D eigenvalue weighted by Crippen LogP contribution is 2.24. The van der Waals surface area contributed by atoms with Crippen LogP contribution in [0.25, 0.3) is 10.8 Å². The SMILES string of the molecule is CC(C)[C@H](CC(=O)[C@H](C)NC(=O)[C@@H](CC(=O)c1cccc2ccccc12)Cc1ccccc1)C(=O)C(=O)CCC(=O)N1CCN(C)CC1. The smallest absolute Gasteiger partial charge is 0.224 e. The largest absolute Gasteiger partial charge is 0.346 e. The molecule has 254 valence electrons. The Morgan fingerprint density at radius 2 is 1.40 bits per heavy atom. The van der Waals surface area contributed by atoms with E-state index in [9.17, 15) is 28.8 Å². The summed E-state index contributed by atoms with van der Waals surface area (Å²) in [4.78, 5) is 83.2. The van der Waals surface area contributed by atoms with E-state index in [0.717, 1.165) is 29.4 Å². The van der Waals surface area contributed by atoms with E-state index in [1.54, 1.807) is 31.7 Å². The van der Waals surface area contributed by atoms with Gasteiger partial charge >= 0.3 is 0 Å². The van der Waals surface area contributed by atoms with E-state index in [1.807, 2.05) is 73.8 Å². The standard InChI is InChI=1S/C39H47N3O6/c1-26(2)33(38(47)34(43)17-18-37(46)42-21-19-41(4)20-22-42)25-35(44)27(3)40-39(48)30(23-28-11-6-5-7-12-28)24-36(45)32-16-10-14-29-13-8-9-15-31(29)32/h5-16,26-27,30,33H,17-25H2,1-4H3,(H,40,48)/t27-,30+,33-/m0/s1. The molecule has 3 aromatic carbocycles. The van der Waals surface area contributed by atoms with Crippen LogP contribution in [0.3, 0.4) is 0 Å². The van der Waals surface area contributed by atoms with Crippen molar-refractivity contribution in [2.45, 2.75) is 58.9 Å². The van der Waals surface area contributed by atoms with Crippen molar-refractivity contribution in [3.05, 3.63) is 83.9 Å². The Kier molecular flexibility index (Phi) is 12.9. The number of ketones is 4. The Morgan fingerprint density at radius 1 is 0.750 bits per heavy atom. The summed E-state index contributed by atoms with van der Waals surface area (Å²) in [5.41, 5.74) is 1.42. The molecular weight excluding hydrogens is 606 g/mol. The number of Topliss-reactive ketones (excluding diaryl/α,β-unsaturated/α-hetero) is 4. The van der Waals surface area contributed by atoms with Crippen LogP contribution in [-0.2, 0) is 30.4 Å². The number of rotatable bonds is 16. The van der Waals surface area contributed by atoms with Crippen LogP contribution < -0.4 is 5.32 Å². The van der Waals surface area contributed by atoms with Gasteiger partial charge in [-0.1, -0.05) is 86.6 Å². The summed E-state index contributed by atoms with van der Waals surface area (Å²) in [6.07, 6.45) is -0.198. The zero-order valence-electron chi connectivity index (χ0n) is 28.4. The number of benzene rings is 3. The van der Waals surface area contributed by atoms with E-state index >= 15 is 0 Å². The van der Waals surface area contributed by atoms with Gasteiger partial charge in [-0.05, 0) is 42.6 Å². The van der Waals surface area contributed by atoms with Gasteiger partial charge in [-0.2, -0.15) is 0 Å². The average molecular weight is 654 g/mol. The lowest BCUT2D eigenvalue weighted by Gasteiger charge is -2.32. The van der Waals surface area contributed by atoms with Crippen molar-refractivity contribution in [3.63, 3.8) is 0 Å². The molecule has 9 nitrogen and oxygen atoms in total. The van der Waals surface area contributed by atoms with Gasteiger partial charge in [-0.25, -0.2) is 0 Å². The monoisotopic (exact) mass is 653 g/mol. The zero-order chi connectivity index (χ0) is 34.8. The van der Waals surface area contributed by atoms with Crippen molar-refractivity contribution < 1.29 is 28.8 Å². The third-order valence-corrected chi connectivity index (χ3v) is 9.32. The maximum absolute atomic E-state index is 13.7. The van der Waals surface area contributed by atoms with E-state index in [0.29, 0.717) is 25.1 Å². The highest BCUT2D eigenvalue weighted by atomic mass is 16.2.